The minimum absolute atomic E-state index is 0.498. The van der Waals surface area contributed by atoms with Crippen LogP contribution in [0.2, 0.25) is 0 Å². The highest BCUT2D eigenvalue weighted by molar-refractivity contribution is 6.33. The SMILES string of the molecule is CCn1ccnc1C1=C2C=CC(=C(c3nccn3CC)C3=NC(=C(c4nccn4CC)c4ccc([nH]4)C(c4nccn4CC)=C4C=CC1=N4)C=C3)C2.CCn1ccnc1C=O.c1cc[nH]c1. The first-order chi connectivity index (χ1) is 32.5. The third-order valence-corrected chi connectivity index (χ3v) is 11.8. The van der Waals surface area contributed by atoms with E-state index < -0.39 is 0 Å². The van der Waals surface area contributed by atoms with E-state index in [1.807, 2.05) is 81.0 Å². The Hall–Kier alpha value is -8.20. The van der Waals surface area contributed by atoms with Crippen LogP contribution in [-0.4, -0.2) is 75.4 Å². The van der Waals surface area contributed by atoms with Crippen LogP contribution in [0.15, 0.2) is 168 Å². The van der Waals surface area contributed by atoms with E-state index >= 15 is 0 Å². The molecular formula is C51H52N14O. The molecule has 1 aliphatic carbocycles. The van der Waals surface area contributed by atoms with Gasteiger partial charge in [0.25, 0.3) is 0 Å². The summed E-state index contributed by atoms with van der Waals surface area (Å²) in [7, 11) is 0. The Morgan fingerprint density at radius 3 is 1.26 bits per heavy atom. The second-order valence-corrected chi connectivity index (χ2v) is 15.5. The molecule has 0 radical (unpaired) electrons. The lowest BCUT2D eigenvalue weighted by Crippen LogP contribution is -2.10. The van der Waals surface area contributed by atoms with Crippen LogP contribution in [0.4, 0.5) is 0 Å². The average Bonchev–Trinajstić information content (AvgIpc) is 4.20. The van der Waals surface area contributed by atoms with Crippen molar-refractivity contribution in [3.63, 3.8) is 0 Å². The number of imidazole rings is 5. The number of nitrogens with one attached hydrogen (secondary N) is 2. The number of allylic oxidation sites excluding steroid dienone is 10. The molecule has 332 valence electrons. The largest absolute Gasteiger partial charge is 0.368 e. The van der Waals surface area contributed by atoms with E-state index in [0.717, 1.165) is 130 Å². The summed E-state index contributed by atoms with van der Waals surface area (Å²) in [4.78, 5) is 50.9. The van der Waals surface area contributed by atoms with E-state index in [4.69, 9.17) is 29.9 Å². The highest BCUT2D eigenvalue weighted by atomic mass is 16.1. The molecule has 66 heavy (non-hydrogen) atoms. The Bertz CT molecular complexity index is 2980. The lowest BCUT2D eigenvalue weighted by molar-refractivity contribution is 0.111. The van der Waals surface area contributed by atoms with E-state index in [1.54, 1.807) is 17.0 Å². The quantitative estimate of drug-likeness (QED) is 0.130. The van der Waals surface area contributed by atoms with Gasteiger partial charge in [-0.2, -0.15) is 0 Å². The van der Waals surface area contributed by atoms with Crippen LogP contribution >= 0.6 is 0 Å². The molecule has 0 saturated carbocycles. The maximum Gasteiger partial charge on any atom is 0.185 e. The standard InChI is InChI=1S/C41H39N11.C6H8N2O.C4H5N/c1-5-49-21-17-42-38(49)34-26-9-10-27(25-26)35(39-43-18-22-50(39)6-2)29-12-14-31(47-29)37(41-45-20-24-52(41)8-4)33-16-15-32(48-33)36(30-13-11-28(34)46-30)40-44-19-23-51(40)7-3;1-2-8-4-3-7-6(8)5-9;1-2-4-5-3-1/h9-24,48H,5-8,25H2,1-4H3;3-5H,2H2,1H3;1-5H. The fourth-order valence-corrected chi connectivity index (χ4v) is 8.58. The minimum atomic E-state index is 0.498. The third-order valence-electron chi connectivity index (χ3n) is 11.8. The van der Waals surface area contributed by atoms with Gasteiger partial charge in [0.05, 0.1) is 45.4 Å². The van der Waals surface area contributed by atoms with Gasteiger partial charge in [0, 0.05) is 118 Å². The van der Waals surface area contributed by atoms with Crippen LogP contribution in [0.5, 0.6) is 0 Å². The number of aromatic amines is 2. The molecule has 15 nitrogen and oxygen atoms in total. The molecule has 3 aliphatic heterocycles. The number of H-pyrrole nitrogens is 2. The number of aryl methyl sites for hydroxylation is 5. The highest BCUT2D eigenvalue weighted by Gasteiger charge is 2.30. The number of rotatable bonds is 10. The Balaban J connectivity index is 0.000000335. The molecule has 0 spiro atoms. The summed E-state index contributed by atoms with van der Waals surface area (Å²) >= 11 is 0. The number of hydrogen-bond donors (Lipinski definition) is 2. The molecule has 0 unspecified atom stereocenters. The van der Waals surface area contributed by atoms with Crippen LogP contribution in [0.25, 0.3) is 22.3 Å². The number of hydrogen-bond acceptors (Lipinski definition) is 8. The fourth-order valence-electron chi connectivity index (χ4n) is 8.58. The minimum Gasteiger partial charge on any atom is -0.368 e. The molecule has 0 fully saturated rings. The molecule has 0 saturated heterocycles. The van der Waals surface area contributed by atoms with Crippen molar-refractivity contribution < 1.29 is 4.79 Å². The zero-order valence-corrected chi connectivity index (χ0v) is 37.8. The maximum atomic E-state index is 10.2. The smallest absolute Gasteiger partial charge is 0.185 e. The molecule has 0 aromatic carbocycles. The van der Waals surface area contributed by atoms with Crippen molar-refractivity contribution in [3.05, 3.63) is 198 Å². The van der Waals surface area contributed by atoms with Crippen molar-refractivity contribution in [1.82, 2.24) is 57.7 Å². The molecule has 7 aromatic heterocycles. The number of nitrogens with zero attached hydrogens (tertiary/aromatic N) is 12. The lowest BCUT2D eigenvalue weighted by atomic mass is 9.97. The summed E-state index contributed by atoms with van der Waals surface area (Å²) in [6.07, 6.45) is 37.0. The van der Waals surface area contributed by atoms with Gasteiger partial charge >= 0.3 is 0 Å². The summed E-state index contributed by atoms with van der Waals surface area (Å²) in [6, 6.07) is 8.13. The maximum absolute atomic E-state index is 10.2. The number of carbonyl (C=O) groups excluding carboxylic acids is 1. The van der Waals surface area contributed by atoms with Gasteiger partial charge in [0.2, 0.25) is 0 Å². The number of carbonyl (C=O) groups is 1. The Kier molecular flexibility index (Phi) is 12.6. The number of aromatic nitrogens is 12. The van der Waals surface area contributed by atoms with Gasteiger partial charge in [-0.15, -0.1) is 0 Å². The summed E-state index contributed by atoms with van der Waals surface area (Å²) in [5.74, 6) is 3.97. The van der Waals surface area contributed by atoms with Gasteiger partial charge in [0.15, 0.2) is 12.1 Å². The Labute approximate surface area is 383 Å². The summed E-state index contributed by atoms with van der Waals surface area (Å²) in [5, 5.41) is 0. The van der Waals surface area contributed by atoms with Crippen molar-refractivity contribution in [3.8, 4) is 0 Å². The normalized spacial score (nSPS) is 15.1. The lowest BCUT2D eigenvalue weighted by Gasteiger charge is -2.15. The average molecular weight is 877 g/mol. The van der Waals surface area contributed by atoms with E-state index in [1.165, 1.54) is 0 Å². The zero-order chi connectivity index (χ0) is 45.6. The van der Waals surface area contributed by atoms with Gasteiger partial charge in [0.1, 0.15) is 23.3 Å². The first-order valence-corrected chi connectivity index (χ1v) is 22.4. The molecule has 0 atom stereocenters. The molecule has 2 N–H and O–H groups in total. The van der Waals surface area contributed by atoms with Gasteiger partial charge in [-0.05, 0) is 101 Å². The first kappa shape index (κ1) is 43.1. The topological polar surface area (TPSA) is 162 Å². The second kappa shape index (κ2) is 19.3. The summed E-state index contributed by atoms with van der Waals surface area (Å²) in [6.45, 7) is 14.4. The van der Waals surface area contributed by atoms with Crippen molar-refractivity contribution in [1.29, 1.82) is 0 Å². The van der Waals surface area contributed by atoms with E-state index in [0.29, 0.717) is 12.2 Å². The van der Waals surface area contributed by atoms with E-state index in [2.05, 4.69) is 110 Å². The molecule has 10 heterocycles. The van der Waals surface area contributed by atoms with Crippen LogP contribution in [-0.2, 0) is 32.7 Å². The van der Waals surface area contributed by atoms with Crippen molar-refractivity contribution >= 4 is 40.0 Å². The van der Waals surface area contributed by atoms with Gasteiger partial charge in [-0.25, -0.2) is 34.9 Å². The van der Waals surface area contributed by atoms with Gasteiger partial charge in [-0.3, -0.25) is 4.79 Å². The predicted octanol–water partition coefficient (Wildman–Crippen LogP) is 9.03. The molecule has 7 aromatic rings. The van der Waals surface area contributed by atoms with Crippen LogP contribution in [0.1, 0.15) is 86.3 Å². The monoisotopic (exact) mass is 876 g/mol. The van der Waals surface area contributed by atoms with Crippen LogP contribution < -0.4 is 0 Å². The van der Waals surface area contributed by atoms with Crippen LogP contribution in [0.3, 0.4) is 0 Å². The van der Waals surface area contributed by atoms with Crippen LogP contribution in [0, 0.1) is 0 Å². The first-order valence-electron chi connectivity index (χ1n) is 22.4. The Morgan fingerprint density at radius 2 is 0.894 bits per heavy atom. The molecule has 0 amide bonds. The number of aldehydes is 1. The fraction of sp³-hybridized carbons (Fsp3) is 0.216. The molecule has 8 bridgehead atoms. The molecule has 15 heteroatoms. The molecular weight excluding hydrogens is 825 g/mol. The predicted molar refractivity (Wildman–Crippen MR) is 259 cm³/mol. The van der Waals surface area contributed by atoms with E-state index in [-0.39, 0.29) is 0 Å². The number of aliphatic imine (C=N–C) groups is 2. The zero-order valence-electron chi connectivity index (χ0n) is 37.8. The van der Waals surface area contributed by atoms with Gasteiger partial charge in [-0.1, -0.05) is 12.2 Å². The van der Waals surface area contributed by atoms with Crippen molar-refractivity contribution in [2.24, 2.45) is 9.98 Å². The second-order valence-electron chi connectivity index (χ2n) is 15.5. The summed E-state index contributed by atoms with van der Waals surface area (Å²) in [5.41, 5.74) is 11.4. The van der Waals surface area contributed by atoms with Crippen molar-refractivity contribution in [2.45, 2.75) is 73.8 Å². The highest BCUT2D eigenvalue weighted by Crippen LogP contribution is 2.40. The summed E-state index contributed by atoms with van der Waals surface area (Å²) < 4.78 is 10.5. The molecule has 4 aliphatic rings. The third kappa shape index (κ3) is 8.22. The molecule has 11 rings (SSSR count). The van der Waals surface area contributed by atoms with E-state index in [9.17, 15) is 4.79 Å². The number of fused-ring (bicyclic) bond motifs is 6. The van der Waals surface area contributed by atoms with Gasteiger partial charge < -0.3 is 32.8 Å². The Morgan fingerprint density at radius 1 is 0.500 bits per heavy atom. The van der Waals surface area contributed by atoms with Crippen molar-refractivity contribution in [2.75, 3.05) is 0 Å².